The largest absolute Gasteiger partial charge is 0.489 e. The summed E-state index contributed by atoms with van der Waals surface area (Å²) in [4.78, 5) is 18.7. The summed E-state index contributed by atoms with van der Waals surface area (Å²) in [6.07, 6.45) is 5.59. The van der Waals surface area contributed by atoms with Crippen LogP contribution in [0.3, 0.4) is 0 Å². The van der Waals surface area contributed by atoms with E-state index >= 15 is 0 Å². The maximum atomic E-state index is 12.3. The first-order chi connectivity index (χ1) is 15.3. The maximum absolute atomic E-state index is 12.3. The second kappa shape index (κ2) is 10.7. The summed E-state index contributed by atoms with van der Waals surface area (Å²) >= 11 is 0. The van der Waals surface area contributed by atoms with Crippen LogP contribution < -0.4 is 10.1 Å². The molecule has 1 aliphatic rings. The highest BCUT2D eigenvalue weighted by atomic mass is 16.5. The molecular weight excluding hydrogens is 386 g/mol. The van der Waals surface area contributed by atoms with E-state index in [2.05, 4.69) is 39.5 Å². The standard InChI is InChI=1S/C26H29N3O2/c30-26(24-9-4-14-27-17-24)28-16-23-8-5-15-29(19-23)18-21-10-12-25(13-11-21)31-20-22-6-2-1-3-7-22/h1-4,6-7,9-14,17,23H,5,8,15-16,18-20H2,(H,28,30). The lowest BCUT2D eigenvalue weighted by Gasteiger charge is -2.32. The summed E-state index contributed by atoms with van der Waals surface area (Å²) in [5, 5.41) is 3.07. The van der Waals surface area contributed by atoms with Crippen molar-refractivity contribution >= 4 is 5.91 Å². The first-order valence-electron chi connectivity index (χ1n) is 10.9. The van der Waals surface area contributed by atoms with Crippen LogP contribution in [0.2, 0.25) is 0 Å². The van der Waals surface area contributed by atoms with Gasteiger partial charge in [0.25, 0.3) is 5.91 Å². The topological polar surface area (TPSA) is 54.5 Å². The third kappa shape index (κ3) is 6.40. The minimum absolute atomic E-state index is 0.0451. The molecule has 1 fully saturated rings. The number of rotatable bonds is 8. The van der Waals surface area contributed by atoms with Crippen LogP contribution in [0, 0.1) is 5.92 Å². The molecule has 1 N–H and O–H groups in total. The van der Waals surface area contributed by atoms with E-state index < -0.39 is 0 Å². The van der Waals surface area contributed by atoms with Gasteiger partial charge in [0, 0.05) is 32.0 Å². The zero-order valence-corrected chi connectivity index (χ0v) is 17.7. The van der Waals surface area contributed by atoms with Crippen molar-refractivity contribution in [2.75, 3.05) is 19.6 Å². The van der Waals surface area contributed by atoms with Crippen LogP contribution in [-0.4, -0.2) is 35.4 Å². The van der Waals surface area contributed by atoms with Gasteiger partial charge in [-0.15, -0.1) is 0 Å². The second-order valence-corrected chi connectivity index (χ2v) is 8.11. The van der Waals surface area contributed by atoms with E-state index in [1.165, 1.54) is 11.1 Å². The summed E-state index contributed by atoms with van der Waals surface area (Å²) < 4.78 is 5.89. The molecule has 5 heteroatoms. The number of pyridine rings is 1. The molecule has 3 aromatic rings. The van der Waals surface area contributed by atoms with Gasteiger partial charge in [-0.1, -0.05) is 42.5 Å². The number of nitrogens with one attached hydrogen (secondary N) is 1. The number of amides is 1. The van der Waals surface area contributed by atoms with E-state index in [0.29, 0.717) is 24.6 Å². The summed E-state index contributed by atoms with van der Waals surface area (Å²) in [7, 11) is 0. The quantitative estimate of drug-likeness (QED) is 0.596. The number of ether oxygens (including phenoxy) is 1. The van der Waals surface area contributed by atoms with E-state index in [9.17, 15) is 4.79 Å². The zero-order valence-electron chi connectivity index (χ0n) is 17.7. The highest BCUT2D eigenvalue weighted by Gasteiger charge is 2.20. The Bertz CT molecular complexity index is 945. The van der Waals surface area contributed by atoms with Crippen molar-refractivity contribution in [2.45, 2.75) is 26.0 Å². The Morgan fingerprint density at radius 2 is 1.87 bits per heavy atom. The van der Waals surface area contributed by atoms with Crippen LogP contribution in [-0.2, 0) is 13.2 Å². The molecule has 0 bridgehead atoms. The Morgan fingerprint density at radius 3 is 2.65 bits per heavy atom. The zero-order chi connectivity index (χ0) is 21.3. The van der Waals surface area contributed by atoms with Crippen LogP contribution in [0.5, 0.6) is 5.75 Å². The molecule has 0 spiro atoms. The Balaban J connectivity index is 1.23. The fourth-order valence-electron chi connectivity index (χ4n) is 3.99. The maximum Gasteiger partial charge on any atom is 0.252 e. The lowest BCUT2D eigenvalue weighted by Crippen LogP contribution is -2.40. The monoisotopic (exact) mass is 415 g/mol. The molecule has 1 aromatic heterocycles. The number of likely N-dealkylation sites (tertiary alicyclic amines) is 1. The van der Waals surface area contributed by atoms with Crippen molar-refractivity contribution < 1.29 is 9.53 Å². The van der Waals surface area contributed by atoms with E-state index in [0.717, 1.165) is 38.2 Å². The third-order valence-electron chi connectivity index (χ3n) is 5.66. The normalized spacial score (nSPS) is 16.6. The van der Waals surface area contributed by atoms with Crippen molar-refractivity contribution in [3.8, 4) is 5.75 Å². The molecule has 1 atom stereocenters. The Morgan fingerprint density at radius 1 is 1.03 bits per heavy atom. The van der Waals surface area contributed by atoms with Gasteiger partial charge in [0.2, 0.25) is 0 Å². The molecule has 0 aliphatic carbocycles. The van der Waals surface area contributed by atoms with Crippen molar-refractivity contribution in [3.05, 3.63) is 95.8 Å². The van der Waals surface area contributed by atoms with Crippen LogP contribution in [0.4, 0.5) is 0 Å². The number of carbonyl (C=O) groups excluding carboxylic acids is 1. The molecule has 160 valence electrons. The molecule has 1 amide bonds. The van der Waals surface area contributed by atoms with Crippen molar-refractivity contribution in [1.29, 1.82) is 0 Å². The average Bonchev–Trinajstić information content (AvgIpc) is 2.83. The molecule has 4 rings (SSSR count). The molecule has 0 radical (unpaired) electrons. The predicted molar refractivity (Wildman–Crippen MR) is 122 cm³/mol. The van der Waals surface area contributed by atoms with Gasteiger partial charge in [0.05, 0.1) is 5.56 Å². The highest BCUT2D eigenvalue weighted by molar-refractivity contribution is 5.93. The fourth-order valence-corrected chi connectivity index (χ4v) is 3.99. The fraction of sp³-hybridized carbons (Fsp3) is 0.308. The molecule has 31 heavy (non-hydrogen) atoms. The van der Waals surface area contributed by atoms with Crippen LogP contribution in [0.1, 0.15) is 34.3 Å². The first kappa shape index (κ1) is 21.1. The molecule has 1 unspecified atom stereocenters. The lowest BCUT2D eigenvalue weighted by atomic mass is 9.97. The lowest BCUT2D eigenvalue weighted by molar-refractivity contribution is 0.0930. The van der Waals surface area contributed by atoms with Crippen LogP contribution >= 0.6 is 0 Å². The summed E-state index contributed by atoms with van der Waals surface area (Å²) in [5.41, 5.74) is 3.07. The van der Waals surface area contributed by atoms with E-state index in [1.807, 2.05) is 30.3 Å². The molecule has 0 saturated carbocycles. The molecule has 1 saturated heterocycles. The first-order valence-corrected chi connectivity index (χ1v) is 10.9. The van der Waals surface area contributed by atoms with Crippen molar-refractivity contribution in [3.63, 3.8) is 0 Å². The van der Waals surface area contributed by atoms with E-state index in [-0.39, 0.29) is 5.91 Å². The second-order valence-electron chi connectivity index (χ2n) is 8.11. The molecule has 2 heterocycles. The Kier molecular flexibility index (Phi) is 7.29. The molecule has 2 aromatic carbocycles. The molecular formula is C26H29N3O2. The number of carbonyl (C=O) groups is 1. The molecule has 1 aliphatic heterocycles. The molecule has 5 nitrogen and oxygen atoms in total. The number of nitrogens with zero attached hydrogens (tertiary/aromatic N) is 2. The number of benzene rings is 2. The SMILES string of the molecule is O=C(NCC1CCCN(Cc2ccc(OCc3ccccc3)cc2)C1)c1cccnc1. The van der Waals surface area contributed by atoms with Gasteiger partial charge in [0.15, 0.2) is 0 Å². The van der Waals surface area contributed by atoms with Gasteiger partial charge in [0.1, 0.15) is 12.4 Å². The van der Waals surface area contributed by atoms with Gasteiger partial charge >= 0.3 is 0 Å². The Labute approximate surface area is 184 Å². The van der Waals surface area contributed by atoms with E-state index in [1.54, 1.807) is 24.5 Å². The average molecular weight is 416 g/mol. The number of piperidine rings is 1. The number of aromatic nitrogens is 1. The predicted octanol–water partition coefficient (Wildman–Crippen LogP) is 4.30. The Hall–Kier alpha value is -3.18. The summed E-state index contributed by atoms with van der Waals surface area (Å²) in [6, 6.07) is 22.2. The van der Waals surface area contributed by atoms with Gasteiger partial charge in [-0.05, 0) is 60.7 Å². The van der Waals surface area contributed by atoms with Crippen LogP contribution in [0.15, 0.2) is 79.1 Å². The number of hydrogen-bond acceptors (Lipinski definition) is 4. The van der Waals surface area contributed by atoms with Crippen molar-refractivity contribution in [1.82, 2.24) is 15.2 Å². The van der Waals surface area contributed by atoms with Gasteiger partial charge in [-0.25, -0.2) is 0 Å². The minimum atomic E-state index is -0.0451. The summed E-state index contributed by atoms with van der Waals surface area (Å²) in [5.74, 6) is 1.32. The third-order valence-corrected chi connectivity index (χ3v) is 5.66. The summed E-state index contributed by atoms with van der Waals surface area (Å²) in [6.45, 7) is 4.31. The van der Waals surface area contributed by atoms with E-state index in [4.69, 9.17) is 4.74 Å². The minimum Gasteiger partial charge on any atom is -0.489 e. The van der Waals surface area contributed by atoms with Gasteiger partial charge < -0.3 is 10.1 Å². The van der Waals surface area contributed by atoms with Gasteiger partial charge in [-0.2, -0.15) is 0 Å². The van der Waals surface area contributed by atoms with Crippen molar-refractivity contribution in [2.24, 2.45) is 5.92 Å². The number of hydrogen-bond donors (Lipinski definition) is 1. The van der Waals surface area contributed by atoms with Gasteiger partial charge in [-0.3, -0.25) is 14.7 Å². The van der Waals surface area contributed by atoms with Crippen LogP contribution in [0.25, 0.3) is 0 Å². The highest BCUT2D eigenvalue weighted by Crippen LogP contribution is 2.20. The smallest absolute Gasteiger partial charge is 0.252 e.